The number of aliphatic hydroxyl groups excluding tert-OH is 2. The summed E-state index contributed by atoms with van der Waals surface area (Å²) in [5, 5.41) is 23.9. The largest absolute Gasteiger partial charge is 0.462 e. The topological polar surface area (TPSA) is 95.9 Å². The normalized spacial score (nSPS) is 13.8. The van der Waals surface area contributed by atoms with Gasteiger partial charge in [-0.15, -0.1) is 0 Å². The third-order valence-corrected chi connectivity index (χ3v) is 12.3. The second-order valence-electron chi connectivity index (χ2n) is 18.7. The summed E-state index contributed by atoms with van der Waals surface area (Å²) in [6, 6.07) is -0.724. The van der Waals surface area contributed by atoms with Crippen molar-refractivity contribution >= 4 is 11.9 Å². The zero-order valence-electron chi connectivity index (χ0n) is 43.3. The molecule has 0 aliphatic carbocycles. The van der Waals surface area contributed by atoms with Crippen molar-refractivity contribution in [2.24, 2.45) is 0 Å². The SMILES string of the molecule is CC/C=C/C=C/C=C\C=C/C=C/CCCC(=O)OC(CCCCCCCCC/C=C\C/C=C\CCCCC)CC(=O)NC(CO)C(O)CCCCCCCCCCCCCCCCCCC. The Morgan fingerprint density at radius 2 is 0.879 bits per heavy atom. The third kappa shape index (κ3) is 47.5. The minimum Gasteiger partial charge on any atom is -0.462 e. The van der Waals surface area contributed by atoms with Gasteiger partial charge in [-0.3, -0.25) is 9.59 Å². The van der Waals surface area contributed by atoms with Crippen LogP contribution in [-0.4, -0.2) is 46.9 Å². The van der Waals surface area contributed by atoms with E-state index in [-0.39, 0.29) is 24.9 Å². The number of unbranched alkanes of at least 4 members (excludes halogenated alkanes) is 27. The van der Waals surface area contributed by atoms with Gasteiger partial charge in [0.15, 0.2) is 0 Å². The van der Waals surface area contributed by atoms with Crippen molar-refractivity contribution in [2.45, 2.75) is 277 Å². The van der Waals surface area contributed by atoms with Crippen LogP contribution >= 0.6 is 0 Å². The molecular weight excluding hydrogens is 815 g/mol. The Labute approximate surface area is 408 Å². The molecule has 0 aliphatic rings. The number of carbonyl (C=O) groups is 2. The number of allylic oxidation sites excluding steroid dienone is 14. The molecule has 0 radical (unpaired) electrons. The highest BCUT2D eigenvalue weighted by molar-refractivity contribution is 5.77. The minimum absolute atomic E-state index is 0.0402. The van der Waals surface area contributed by atoms with Gasteiger partial charge in [0.2, 0.25) is 5.91 Å². The monoisotopic (exact) mass is 920 g/mol. The summed E-state index contributed by atoms with van der Waals surface area (Å²) in [6.07, 6.45) is 69.4. The molecule has 0 saturated carbocycles. The first kappa shape index (κ1) is 63.0. The van der Waals surface area contributed by atoms with Crippen LogP contribution < -0.4 is 5.32 Å². The zero-order chi connectivity index (χ0) is 48.1. The minimum atomic E-state index is -0.807. The van der Waals surface area contributed by atoms with Crippen molar-refractivity contribution in [2.75, 3.05) is 6.61 Å². The number of aliphatic hydroxyl groups is 2. The van der Waals surface area contributed by atoms with Gasteiger partial charge in [0.05, 0.1) is 25.2 Å². The fourth-order valence-corrected chi connectivity index (χ4v) is 8.14. The van der Waals surface area contributed by atoms with E-state index >= 15 is 0 Å². The summed E-state index contributed by atoms with van der Waals surface area (Å²) in [4.78, 5) is 26.2. The lowest BCUT2D eigenvalue weighted by molar-refractivity contribution is -0.151. The van der Waals surface area contributed by atoms with Crippen molar-refractivity contribution in [3.05, 3.63) is 85.1 Å². The molecule has 0 aromatic heterocycles. The Morgan fingerprint density at radius 1 is 0.470 bits per heavy atom. The van der Waals surface area contributed by atoms with Crippen LogP contribution in [0.4, 0.5) is 0 Å². The average molecular weight is 921 g/mol. The number of carbonyl (C=O) groups excluding carboxylic acids is 2. The maximum atomic E-state index is 13.3. The van der Waals surface area contributed by atoms with Crippen LogP contribution in [0.25, 0.3) is 0 Å². The highest BCUT2D eigenvalue weighted by Crippen LogP contribution is 2.18. The van der Waals surface area contributed by atoms with Crippen molar-refractivity contribution in [1.29, 1.82) is 0 Å². The lowest BCUT2D eigenvalue weighted by Crippen LogP contribution is -2.46. The number of esters is 1. The molecule has 0 fully saturated rings. The van der Waals surface area contributed by atoms with Crippen LogP contribution in [0, 0.1) is 0 Å². The first-order valence-corrected chi connectivity index (χ1v) is 27.9. The van der Waals surface area contributed by atoms with E-state index in [0.717, 1.165) is 64.2 Å². The van der Waals surface area contributed by atoms with Gasteiger partial charge in [0, 0.05) is 6.42 Å². The second-order valence-corrected chi connectivity index (χ2v) is 18.7. The lowest BCUT2D eigenvalue weighted by Gasteiger charge is -2.24. The first-order chi connectivity index (χ1) is 32.5. The highest BCUT2D eigenvalue weighted by Gasteiger charge is 2.24. The molecule has 0 saturated heterocycles. The molecule has 3 N–H and O–H groups in total. The molecule has 0 heterocycles. The van der Waals surface area contributed by atoms with E-state index in [1.54, 1.807) is 0 Å². The summed E-state index contributed by atoms with van der Waals surface area (Å²) in [7, 11) is 0. The van der Waals surface area contributed by atoms with E-state index < -0.39 is 18.2 Å². The summed E-state index contributed by atoms with van der Waals surface area (Å²) in [5.41, 5.74) is 0. The van der Waals surface area contributed by atoms with Gasteiger partial charge in [0.25, 0.3) is 0 Å². The molecule has 6 heteroatoms. The maximum Gasteiger partial charge on any atom is 0.306 e. The molecule has 0 rings (SSSR count). The number of hydrogen-bond acceptors (Lipinski definition) is 5. The molecule has 0 aromatic rings. The third-order valence-electron chi connectivity index (χ3n) is 12.3. The average Bonchev–Trinajstić information content (AvgIpc) is 3.31. The molecule has 1 amide bonds. The molecule has 380 valence electrons. The summed E-state index contributed by atoms with van der Waals surface area (Å²) in [6.45, 7) is 6.31. The van der Waals surface area contributed by atoms with Gasteiger partial charge in [-0.1, -0.05) is 260 Å². The van der Waals surface area contributed by atoms with Crippen LogP contribution in [-0.2, 0) is 14.3 Å². The van der Waals surface area contributed by atoms with Crippen LogP contribution in [0.3, 0.4) is 0 Å². The Bertz CT molecular complexity index is 1260. The van der Waals surface area contributed by atoms with Gasteiger partial charge in [-0.25, -0.2) is 0 Å². The van der Waals surface area contributed by atoms with Crippen molar-refractivity contribution in [3.63, 3.8) is 0 Å². The van der Waals surface area contributed by atoms with Gasteiger partial charge >= 0.3 is 5.97 Å². The number of amides is 1. The molecule has 0 aliphatic heterocycles. The Kier molecular flexibility index (Phi) is 50.6. The van der Waals surface area contributed by atoms with Gasteiger partial charge in [-0.2, -0.15) is 0 Å². The molecule has 0 aromatic carbocycles. The van der Waals surface area contributed by atoms with Crippen LogP contribution in [0.15, 0.2) is 85.1 Å². The Morgan fingerprint density at radius 3 is 1.38 bits per heavy atom. The highest BCUT2D eigenvalue weighted by atomic mass is 16.5. The summed E-state index contributed by atoms with van der Waals surface area (Å²) >= 11 is 0. The molecule has 3 unspecified atom stereocenters. The van der Waals surface area contributed by atoms with Crippen LogP contribution in [0.5, 0.6) is 0 Å². The number of nitrogens with one attached hydrogen (secondary N) is 1. The predicted octanol–water partition coefficient (Wildman–Crippen LogP) is 17.1. The number of rotatable bonds is 49. The number of ether oxygens (including phenoxy) is 1. The Balaban J connectivity index is 4.64. The maximum absolute atomic E-state index is 13.3. The smallest absolute Gasteiger partial charge is 0.306 e. The fourth-order valence-electron chi connectivity index (χ4n) is 8.14. The van der Waals surface area contributed by atoms with Gasteiger partial charge in [-0.05, 0) is 70.6 Å². The van der Waals surface area contributed by atoms with E-state index in [0.29, 0.717) is 25.7 Å². The molecule has 0 spiro atoms. The zero-order valence-corrected chi connectivity index (χ0v) is 43.3. The Hall–Kier alpha value is -2.96. The van der Waals surface area contributed by atoms with Crippen LogP contribution in [0.2, 0.25) is 0 Å². The quantitative estimate of drug-likeness (QED) is 0.0245. The number of hydrogen-bond donors (Lipinski definition) is 3. The molecule has 66 heavy (non-hydrogen) atoms. The van der Waals surface area contributed by atoms with Gasteiger partial charge in [0.1, 0.15) is 6.10 Å². The van der Waals surface area contributed by atoms with E-state index in [2.05, 4.69) is 62.5 Å². The van der Waals surface area contributed by atoms with Crippen molar-refractivity contribution in [1.82, 2.24) is 5.32 Å². The van der Waals surface area contributed by atoms with Gasteiger partial charge < -0.3 is 20.3 Å². The lowest BCUT2D eigenvalue weighted by atomic mass is 10.0. The predicted molar refractivity (Wildman–Crippen MR) is 287 cm³/mol. The first-order valence-electron chi connectivity index (χ1n) is 27.9. The fraction of sp³-hybridized carbons (Fsp3) is 0.733. The van der Waals surface area contributed by atoms with Crippen LogP contribution in [0.1, 0.15) is 258 Å². The van der Waals surface area contributed by atoms with E-state index in [9.17, 15) is 19.8 Å². The van der Waals surface area contributed by atoms with E-state index in [1.807, 2.05) is 48.6 Å². The molecule has 3 atom stereocenters. The molecule has 6 nitrogen and oxygen atoms in total. The van der Waals surface area contributed by atoms with Crippen molar-refractivity contribution < 1.29 is 24.5 Å². The summed E-state index contributed by atoms with van der Waals surface area (Å²) < 4.78 is 5.91. The summed E-state index contributed by atoms with van der Waals surface area (Å²) in [5.74, 6) is -0.569. The van der Waals surface area contributed by atoms with E-state index in [4.69, 9.17) is 4.74 Å². The molecular formula is C60H105NO5. The van der Waals surface area contributed by atoms with E-state index in [1.165, 1.54) is 141 Å². The second kappa shape index (κ2) is 53.0. The van der Waals surface area contributed by atoms with Crippen molar-refractivity contribution in [3.8, 4) is 0 Å². The standard InChI is InChI=1S/C60H105NO5/c1-4-7-10-13-16-19-22-25-27-29-31-34-36-39-42-45-48-51-56(66-60(65)53-50-47-44-41-38-33-24-21-18-15-12-9-6-3)54-59(64)61-57(55-62)58(63)52-49-46-43-40-37-35-32-30-28-26-23-20-17-14-11-8-5-2/h9,12,15-16,18-19,21,24-25,27,33,38,41,44,56-58,62-63H,4-8,10-11,13-14,17,20,22-23,26,28-32,34-37,39-40,42-43,45-55H2,1-3H3,(H,61,64)/b12-9+,18-15+,19-16-,24-21-,27-25-,38-33-,44-41+. The molecule has 0 bridgehead atoms.